The molecule has 6 nitrogen and oxygen atoms in total. The zero-order valence-electron chi connectivity index (χ0n) is 12.9. The van der Waals surface area contributed by atoms with Gasteiger partial charge in [0.05, 0.1) is 0 Å². The molecule has 0 saturated heterocycles. The summed E-state index contributed by atoms with van der Waals surface area (Å²) in [5.41, 5.74) is 5.45. The first-order chi connectivity index (χ1) is 10.1. The fourth-order valence-electron chi connectivity index (χ4n) is 3.25. The van der Waals surface area contributed by atoms with Crippen molar-refractivity contribution in [2.24, 2.45) is 5.92 Å². The van der Waals surface area contributed by atoms with Gasteiger partial charge in [0.1, 0.15) is 11.5 Å². The molecule has 0 spiro atoms. The van der Waals surface area contributed by atoms with E-state index in [-0.39, 0.29) is 11.9 Å². The van der Waals surface area contributed by atoms with Gasteiger partial charge in [-0.3, -0.25) is 14.3 Å². The highest BCUT2D eigenvalue weighted by atomic mass is 16.2. The Labute approximate surface area is 124 Å². The number of nitrogens with two attached hydrogens (primary N) is 1. The number of hydrogen-bond donors (Lipinski definition) is 3. The summed E-state index contributed by atoms with van der Waals surface area (Å²) in [6.07, 6.45) is 7.00. The molecule has 1 saturated carbocycles. The van der Waals surface area contributed by atoms with Gasteiger partial charge in [0.15, 0.2) is 0 Å². The maximum absolute atomic E-state index is 12.0. The average molecular weight is 294 g/mol. The predicted molar refractivity (Wildman–Crippen MR) is 85.7 cm³/mol. The number of H-pyrrole nitrogens is 1. The van der Waals surface area contributed by atoms with Gasteiger partial charge in [-0.1, -0.05) is 19.8 Å². The van der Waals surface area contributed by atoms with Crippen molar-refractivity contribution in [3.63, 3.8) is 0 Å². The molecule has 21 heavy (non-hydrogen) atoms. The van der Waals surface area contributed by atoms with E-state index in [0.29, 0.717) is 12.2 Å². The molecule has 1 aliphatic rings. The van der Waals surface area contributed by atoms with Crippen molar-refractivity contribution < 1.29 is 0 Å². The Balaban J connectivity index is 2.11. The third-order valence-corrected chi connectivity index (χ3v) is 4.45. The van der Waals surface area contributed by atoms with Crippen molar-refractivity contribution in [2.75, 3.05) is 11.1 Å². The quantitative estimate of drug-likeness (QED) is 0.773. The second-order valence-electron chi connectivity index (χ2n) is 5.91. The molecule has 1 aromatic rings. The summed E-state index contributed by atoms with van der Waals surface area (Å²) in [5.74, 6) is 1.05. The molecule has 0 aromatic carbocycles. The number of aromatic nitrogens is 2. The summed E-state index contributed by atoms with van der Waals surface area (Å²) in [5, 5.41) is 3.25. The average Bonchev–Trinajstić information content (AvgIpc) is 2.46. The van der Waals surface area contributed by atoms with Crippen molar-refractivity contribution >= 4 is 11.5 Å². The van der Waals surface area contributed by atoms with Gasteiger partial charge in [-0.2, -0.15) is 0 Å². The summed E-state index contributed by atoms with van der Waals surface area (Å²) in [7, 11) is 0. The Morgan fingerprint density at radius 1 is 1.24 bits per heavy atom. The molecule has 6 heteroatoms. The van der Waals surface area contributed by atoms with E-state index in [2.05, 4.69) is 17.2 Å². The minimum Gasteiger partial charge on any atom is -0.383 e. The minimum atomic E-state index is -0.447. The van der Waals surface area contributed by atoms with Gasteiger partial charge in [0, 0.05) is 12.6 Å². The summed E-state index contributed by atoms with van der Waals surface area (Å²) < 4.78 is 1.38. The summed E-state index contributed by atoms with van der Waals surface area (Å²) in [6, 6.07) is 0.268. The second-order valence-corrected chi connectivity index (χ2v) is 5.91. The maximum Gasteiger partial charge on any atom is 0.330 e. The number of aromatic amines is 1. The van der Waals surface area contributed by atoms with Crippen LogP contribution >= 0.6 is 0 Å². The van der Waals surface area contributed by atoms with Crippen LogP contribution in [0.5, 0.6) is 0 Å². The molecule has 1 aromatic heterocycles. The van der Waals surface area contributed by atoms with Crippen LogP contribution in [0.2, 0.25) is 0 Å². The highest BCUT2D eigenvalue weighted by molar-refractivity contribution is 5.60. The number of rotatable bonds is 5. The van der Waals surface area contributed by atoms with E-state index >= 15 is 0 Å². The van der Waals surface area contributed by atoms with E-state index in [1.54, 1.807) is 0 Å². The first kappa shape index (κ1) is 15.7. The van der Waals surface area contributed by atoms with Crippen molar-refractivity contribution in [1.82, 2.24) is 9.55 Å². The molecule has 0 bridgehead atoms. The maximum atomic E-state index is 12.0. The van der Waals surface area contributed by atoms with Crippen LogP contribution in [0.1, 0.15) is 52.4 Å². The first-order valence-corrected chi connectivity index (χ1v) is 7.95. The molecule has 1 heterocycles. The van der Waals surface area contributed by atoms with Crippen LogP contribution in [-0.2, 0) is 6.54 Å². The fraction of sp³-hybridized carbons (Fsp3) is 0.733. The van der Waals surface area contributed by atoms with Gasteiger partial charge in [0.25, 0.3) is 5.56 Å². The highest BCUT2D eigenvalue weighted by Crippen LogP contribution is 2.29. The topological polar surface area (TPSA) is 92.9 Å². The summed E-state index contributed by atoms with van der Waals surface area (Å²) >= 11 is 0. The lowest BCUT2D eigenvalue weighted by molar-refractivity contribution is 0.319. The first-order valence-electron chi connectivity index (χ1n) is 7.95. The number of nitrogen functional groups attached to an aromatic ring is 1. The zero-order chi connectivity index (χ0) is 15.4. The monoisotopic (exact) mass is 294 g/mol. The molecule has 2 rings (SSSR count). The van der Waals surface area contributed by atoms with E-state index in [0.717, 1.165) is 18.8 Å². The number of nitrogens with one attached hydrogen (secondary N) is 2. The smallest absolute Gasteiger partial charge is 0.330 e. The van der Waals surface area contributed by atoms with Crippen molar-refractivity contribution in [1.29, 1.82) is 0 Å². The highest BCUT2D eigenvalue weighted by Gasteiger charge is 2.22. The van der Waals surface area contributed by atoms with E-state index in [1.165, 1.54) is 30.3 Å². The Hall–Kier alpha value is -1.72. The summed E-state index contributed by atoms with van der Waals surface area (Å²) in [4.78, 5) is 25.9. The lowest BCUT2D eigenvalue weighted by Crippen LogP contribution is -2.36. The molecular weight excluding hydrogens is 268 g/mol. The number of nitrogens with zero attached hydrogens (tertiary/aromatic N) is 1. The van der Waals surface area contributed by atoms with Crippen LogP contribution in [-0.4, -0.2) is 15.6 Å². The van der Waals surface area contributed by atoms with Crippen LogP contribution in [0, 0.1) is 5.92 Å². The Kier molecular flexibility index (Phi) is 5.09. The molecular formula is C15H26N4O2. The van der Waals surface area contributed by atoms with Gasteiger partial charge < -0.3 is 11.1 Å². The lowest BCUT2D eigenvalue weighted by atomic mass is 9.83. The largest absolute Gasteiger partial charge is 0.383 e. The molecule has 1 fully saturated rings. The Morgan fingerprint density at radius 2 is 1.90 bits per heavy atom. The third kappa shape index (κ3) is 3.49. The summed E-state index contributed by atoms with van der Waals surface area (Å²) in [6.45, 7) is 4.49. The van der Waals surface area contributed by atoms with Crippen LogP contribution in [0.3, 0.4) is 0 Å². The van der Waals surface area contributed by atoms with Gasteiger partial charge in [-0.25, -0.2) is 4.79 Å². The molecule has 0 radical (unpaired) electrons. The number of anilines is 2. The van der Waals surface area contributed by atoms with Gasteiger partial charge >= 0.3 is 5.69 Å². The molecule has 0 unspecified atom stereocenters. The van der Waals surface area contributed by atoms with Crippen LogP contribution in [0.4, 0.5) is 11.5 Å². The van der Waals surface area contributed by atoms with Crippen molar-refractivity contribution in [3.8, 4) is 0 Å². The van der Waals surface area contributed by atoms with Crippen LogP contribution < -0.4 is 22.3 Å². The fourth-order valence-corrected chi connectivity index (χ4v) is 3.25. The third-order valence-electron chi connectivity index (χ3n) is 4.45. The molecule has 4 N–H and O–H groups in total. The minimum absolute atomic E-state index is 0.238. The van der Waals surface area contributed by atoms with Crippen LogP contribution in [0.15, 0.2) is 9.59 Å². The Bertz CT molecular complexity index is 582. The molecule has 118 valence electrons. The van der Waals surface area contributed by atoms with E-state index in [1.807, 2.05) is 6.92 Å². The lowest BCUT2D eigenvalue weighted by Gasteiger charge is -2.29. The van der Waals surface area contributed by atoms with Gasteiger partial charge in [-0.15, -0.1) is 0 Å². The standard InChI is InChI=1S/C15H26N4O2/c1-3-5-10-6-8-11(9-7-10)17-12-13(16)19(4-2)15(21)18-14(12)20/h10-11,17H,3-9,16H2,1-2H3,(H,18,20,21). The molecule has 0 amide bonds. The Morgan fingerprint density at radius 3 is 2.48 bits per heavy atom. The van der Waals surface area contributed by atoms with E-state index in [9.17, 15) is 9.59 Å². The van der Waals surface area contributed by atoms with Gasteiger partial charge in [-0.05, 0) is 38.5 Å². The second kappa shape index (κ2) is 6.83. The van der Waals surface area contributed by atoms with Gasteiger partial charge in [0.2, 0.25) is 0 Å². The molecule has 0 aliphatic heterocycles. The molecule has 0 atom stereocenters. The van der Waals surface area contributed by atoms with Crippen LogP contribution in [0.25, 0.3) is 0 Å². The zero-order valence-corrected chi connectivity index (χ0v) is 12.9. The van der Waals surface area contributed by atoms with E-state index < -0.39 is 11.2 Å². The van der Waals surface area contributed by atoms with Crippen molar-refractivity contribution in [3.05, 3.63) is 20.8 Å². The van der Waals surface area contributed by atoms with E-state index in [4.69, 9.17) is 5.73 Å². The predicted octanol–water partition coefficient (Wildman–Crippen LogP) is 1.91. The normalized spacial score (nSPS) is 22.2. The van der Waals surface area contributed by atoms with Crippen molar-refractivity contribution in [2.45, 2.75) is 65.0 Å². The molecule has 1 aliphatic carbocycles. The SMILES string of the molecule is CCCC1CCC(Nc2c(N)n(CC)c(=O)[nH]c2=O)CC1. The number of hydrogen-bond acceptors (Lipinski definition) is 4.